The quantitative estimate of drug-likeness (QED) is 0.232. The Kier molecular flexibility index (Phi) is 3.74. The molecule has 9 nitrogen and oxygen atoms in total. The summed E-state index contributed by atoms with van der Waals surface area (Å²) in [5.41, 5.74) is -0.358. The summed E-state index contributed by atoms with van der Waals surface area (Å²) in [5.74, 6) is -1.66. The van der Waals surface area contributed by atoms with E-state index in [0.717, 1.165) is 14.2 Å². The number of carbonyl (C=O) groups is 2. The van der Waals surface area contributed by atoms with Crippen molar-refractivity contribution in [1.29, 1.82) is 0 Å². The lowest BCUT2D eigenvalue weighted by atomic mass is 10.1. The lowest BCUT2D eigenvalue weighted by Gasteiger charge is -2.07. The van der Waals surface area contributed by atoms with Gasteiger partial charge in [0.25, 0.3) is 5.69 Å². The monoisotopic (exact) mass is 380 g/mol. The summed E-state index contributed by atoms with van der Waals surface area (Å²) in [6.07, 6.45) is 0. The van der Waals surface area contributed by atoms with Crippen LogP contribution in [0.15, 0.2) is 41.2 Å². The number of non-ortho nitro benzene ring substituents is 1. The molecule has 0 N–H and O–H groups in total. The zero-order chi connectivity index (χ0) is 20.2. The average Bonchev–Trinajstić information content (AvgIpc) is 3.06. The van der Waals surface area contributed by atoms with Crippen LogP contribution < -0.4 is 5.43 Å². The van der Waals surface area contributed by atoms with Gasteiger partial charge >= 0.3 is 11.9 Å². The van der Waals surface area contributed by atoms with Gasteiger partial charge in [-0.2, -0.15) is 0 Å². The maximum absolute atomic E-state index is 13.2. The summed E-state index contributed by atoms with van der Waals surface area (Å²) >= 11 is 0. The Morgan fingerprint density at radius 3 is 2.25 bits per heavy atom. The Bertz CT molecular complexity index is 1370. The Morgan fingerprint density at radius 1 is 0.964 bits per heavy atom. The number of methoxy groups -OCH3 is 2. The van der Waals surface area contributed by atoms with Gasteiger partial charge in [0.2, 0.25) is 5.43 Å². The maximum atomic E-state index is 13.2. The molecule has 4 rings (SSSR count). The second kappa shape index (κ2) is 6.02. The molecule has 0 radical (unpaired) electrons. The number of ether oxygens (including phenoxy) is 2. The van der Waals surface area contributed by atoms with Crippen molar-refractivity contribution >= 4 is 44.9 Å². The van der Waals surface area contributed by atoms with Crippen molar-refractivity contribution in [2.24, 2.45) is 0 Å². The van der Waals surface area contributed by atoms with Crippen LogP contribution >= 0.6 is 0 Å². The molecule has 0 spiro atoms. The minimum atomic E-state index is -0.858. The summed E-state index contributed by atoms with van der Waals surface area (Å²) < 4.78 is 11.0. The number of aromatic nitrogens is 1. The second-order valence-electron chi connectivity index (χ2n) is 6.03. The number of carbonyl (C=O) groups excluding carboxylic acids is 2. The van der Waals surface area contributed by atoms with Gasteiger partial charge in [0.15, 0.2) is 0 Å². The zero-order valence-electron chi connectivity index (χ0n) is 14.7. The Morgan fingerprint density at radius 2 is 1.61 bits per heavy atom. The molecule has 0 saturated carbocycles. The van der Waals surface area contributed by atoms with Crippen LogP contribution in [-0.2, 0) is 9.47 Å². The first-order valence-electron chi connectivity index (χ1n) is 8.08. The smallest absolute Gasteiger partial charge is 0.341 e. The molecular formula is C19H12N2O7. The predicted molar refractivity (Wildman–Crippen MR) is 99.2 cm³/mol. The highest BCUT2D eigenvalue weighted by molar-refractivity contribution is 6.16. The third kappa shape index (κ3) is 2.16. The summed E-state index contributed by atoms with van der Waals surface area (Å²) in [7, 11) is 2.31. The van der Waals surface area contributed by atoms with E-state index in [1.165, 1.54) is 22.6 Å². The first-order valence-corrected chi connectivity index (χ1v) is 8.08. The van der Waals surface area contributed by atoms with Gasteiger partial charge in [-0.3, -0.25) is 14.9 Å². The number of fused-ring (bicyclic) bond motifs is 2. The predicted octanol–water partition coefficient (Wildman–Crippen LogP) is 2.53. The van der Waals surface area contributed by atoms with Crippen LogP contribution in [0.3, 0.4) is 0 Å². The second-order valence-corrected chi connectivity index (χ2v) is 6.03. The van der Waals surface area contributed by atoms with Crippen LogP contribution in [0.5, 0.6) is 0 Å². The molecule has 3 aromatic heterocycles. The van der Waals surface area contributed by atoms with Crippen molar-refractivity contribution in [3.8, 4) is 0 Å². The normalized spacial score (nSPS) is 11.2. The lowest BCUT2D eigenvalue weighted by molar-refractivity contribution is -0.384. The highest BCUT2D eigenvalue weighted by atomic mass is 16.6. The minimum Gasteiger partial charge on any atom is -0.465 e. The van der Waals surface area contributed by atoms with Crippen molar-refractivity contribution in [3.05, 3.63) is 67.9 Å². The summed E-state index contributed by atoms with van der Waals surface area (Å²) in [6, 6.07) is 8.67. The average molecular weight is 380 g/mol. The number of hydrogen-bond donors (Lipinski definition) is 0. The molecule has 0 aliphatic heterocycles. The molecular weight excluding hydrogens is 368 g/mol. The van der Waals surface area contributed by atoms with E-state index in [2.05, 4.69) is 0 Å². The van der Waals surface area contributed by atoms with Crippen LogP contribution in [0.1, 0.15) is 20.7 Å². The van der Waals surface area contributed by atoms with E-state index in [1.807, 2.05) is 0 Å². The highest BCUT2D eigenvalue weighted by Crippen LogP contribution is 2.32. The molecule has 140 valence electrons. The molecule has 9 heteroatoms. The molecule has 0 aliphatic carbocycles. The summed E-state index contributed by atoms with van der Waals surface area (Å²) in [5, 5.41) is 11.7. The van der Waals surface area contributed by atoms with E-state index < -0.39 is 22.3 Å². The Hall–Kier alpha value is -4.01. The fourth-order valence-electron chi connectivity index (χ4n) is 3.52. The fraction of sp³-hybridized carbons (Fsp3) is 0.105. The molecule has 4 aromatic rings. The Balaban J connectivity index is 2.34. The molecule has 28 heavy (non-hydrogen) atoms. The zero-order valence-corrected chi connectivity index (χ0v) is 14.7. The molecule has 0 bridgehead atoms. The van der Waals surface area contributed by atoms with Gasteiger partial charge in [-0.25, -0.2) is 9.59 Å². The third-order valence-corrected chi connectivity index (χ3v) is 4.69. The molecule has 0 atom stereocenters. The van der Waals surface area contributed by atoms with E-state index in [-0.39, 0.29) is 33.2 Å². The van der Waals surface area contributed by atoms with Gasteiger partial charge in [0.1, 0.15) is 16.6 Å². The van der Waals surface area contributed by atoms with Crippen LogP contribution in [0.4, 0.5) is 5.69 Å². The largest absolute Gasteiger partial charge is 0.465 e. The SMILES string of the molecule is COC(=O)c1c(C(=O)OC)c2c(=O)c3ccc([N+](=O)[O-])cc3c3cccc1n23. The standard InChI is InChI=1S/C19H12N2O7/c1-27-18(23)14-13-5-3-4-12-11-8-9(21(25)26)6-7-10(11)17(22)16(20(12)13)15(14)19(24)28-2/h3-8H,1-2H3. The number of nitro groups is 1. The number of pyridine rings is 2. The molecule has 0 aliphatic rings. The fourth-order valence-corrected chi connectivity index (χ4v) is 3.52. The topological polar surface area (TPSA) is 117 Å². The van der Waals surface area contributed by atoms with Crippen LogP contribution in [0, 0.1) is 10.1 Å². The van der Waals surface area contributed by atoms with Crippen molar-refractivity contribution in [3.63, 3.8) is 0 Å². The molecule has 0 amide bonds. The van der Waals surface area contributed by atoms with E-state index in [4.69, 9.17) is 9.47 Å². The molecule has 0 unspecified atom stereocenters. The minimum absolute atomic E-state index is 0.0424. The van der Waals surface area contributed by atoms with Gasteiger partial charge in [-0.15, -0.1) is 0 Å². The third-order valence-electron chi connectivity index (χ3n) is 4.69. The number of nitro benzene ring substituents is 1. The van der Waals surface area contributed by atoms with Crippen molar-refractivity contribution in [2.75, 3.05) is 14.2 Å². The van der Waals surface area contributed by atoms with E-state index in [9.17, 15) is 24.5 Å². The van der Waals surface area contributed by atoms with Crippen LogP contribution in [0.2, 0.25) is 0 Å². The summed E-state index contributed by atoms with van der Waals surface area (Å²) in [4.78, 5) is 48.7. The van der Waals surface area contributed by atoms with E-state index in [1.54, 1.807) is 18.2 Å². The number of hydrogen-bond acceptors (Lipinski definition) is 7. The molecule has 0 fully saturated rings. The summed E-state index contributed by atoms with van der Waals surface area (Å²) in [6.45, 7) is 0. The highest BCUT2D eigenvalue weighted by Gasteiger charge is 2.30. The first-order chi connectivity index (χ1) is 13.4. The van der Waals surface area contributed by atoms with Gasteiger partial charge in [-0.1, -0.05) is 6.07 Å². The van der Waals surface area contributed by atoms with E-state index >= 15 is 0 Å². The number of nitrogens with zero attached hydrogens (tertiary/aromatic N) is 2. The molecule has 3 heterocycles. The van der Waals surface area contributed by atoms with Crippen molar-refractivity contribution in [1.82, 2.24) is 4.40 Å². The van der Waals surface area contributed by atoms with Gasteiger partial charge < -0.3 is 13.9 Å². The first kappa shape index (κ1) is 17.4. The lowest BCUT2D eigenvalue weighted by Crippen LogP contribution is -2.14. The van der Waals surface area contributed by atoms with E-state index in [0.29, 0.717) is 10.9 Å². The number of benzene rings is 1. The number of rotatable bonds is 3. The molecule has 1 aromatic carbocycles. The van der Waals surface area contributed by atoms with Crippen LogP contribution in [-0.4, -0.2) is 35.5 Å². The number of esters is 2. The molecule has 0 saturated heterocycles. The van der Waals surface area contributed by atoms with Crippen LogP contribution in [0.25, 0.3) is 27.3 Å². The Labute approximate surface area is 156 Å². The van der Waals surface area contributed by atoms with Gasteiger partial charge in [0, 0.05) is 22.9 Å². The maximum Gasteiger partial charge on any atom is 0.341 e. The van der Waals surface area contributed by atoms with Gasteiger partial charge in [0.05, 0.1) is 30.2 Å². The van der Waals surface area contributed by atoms with Crippen molar-refractivity contribution in [2.45, 2.75) is 0 Å². The van der Waals surface area contributed by atoms with Crippen molar-refractivity contribution < 1.29 is 24.0 Å². The van der Waals surface area contributed by atoms with Gasteiger partial charge in [-0.05, 0) is 18.2 Å².